The number of anilines is 1. The molecule has 182 valence electrons. The Morgan fingerprint density at radius 3 is 2.42 bits per heavy atom. The van der Waals surface area contributed by atoms with Crippen molar-refractivity contribution < 1.29 is 5.11 Å². The predicted molar refractivity (Wildman–Crippen MR) is 140 cm³/mol. The minimum atomic E-state index is -0.0615. The summed E-state index contributed by atoms with van der Waals surface area (Å²) in [5.74, 6) is 0. The van der Waals surface area contributed by atoms with Gasteiger partial charge in [0.1, 0.15) is 0 Å². The molecule has 1 aromatic carbocycles. The molecular formula is C27H42N4OS. The van der Waals surface area contributed by atoms with Crippen molar-refractivity contribution in [2.45, 2.75) is 76.7 Å². The summed E-state index contributed by atoms with van der Waals surface area (Å²) in [5, 5.41) is 12.4. The standard InChI is InChI=1S/C27H42N4OS/c1-26(2)10-11-27(3,4)23-17-20(8-9-22(23)26)24-19-33-25(29-24)31-15-13-30(14-16-31)12-6-5-7-21(28)18-32/h8-9,17,19,21,32H,5-7,10-16,18,28H2,1-4H3. The molecule has 1 fully saturated rings. The zero-order chi connectivity index (χ0) is 23.6. The smallest absolute Gasteiger partial charge is 0.185 e. The lowest BCUT2D eigenvalue weighted by molar-refractivity contribution is 0.239. The summed E-state index contributed by atoms with van der Waals surface area (Å²) < 4.78 is 0. The summed E-state index contributed by atoms with van der Waals surface area (Å²) in [7, 11) is 0. The zero-order valence-electron chi connectivity index (χ0n) is 20.9. The Morgan fingerprint density at radius 2 is 1.73 bits per heavy atom. The van der Waals surface area contributed by atoms with E-state index in [1.54, 1.807) is 11.3 Å². The lowest BCUT2D eigenvalue weighted by atomic mass is 9.63. The molecule has 3 N–H and O–H groups in total. The van der Waals surface area contributed by atoms with Gasteiger partial charge >= 0.3 is 0 Å². The van der Waals surface area contributed by atoms with Crippen molar-refractivity contribution in [2.75, 3.05) is 44.2 Å². The van der Waals surface area contributed by atoms with E-state index in [0.717, 1.165) is 62.8 Å². The largest absolute Gasteiger partial charge is 0.395 e. The van der Waals surface area contributed by atoms with Crippen LogP contribution in [0.1, 0.15) is 70.9 Å². The summed E-state index contributed by atoms with van der Waals surface area (Å²) >= 11 is 1.78. The Hall–Kier alpha value is -1.47. The van der Waals surface area contributed by atoms with Gasteiger partial charge in [-0.25, -0.2) is 4.98 Å². The van der Waals surface area contributed by atoms with Crippen LogP contribution >= 0.6 is 11.3 Å². The van der Waals surface area contributed by atoms with Gasteiger partial charge in [-0.2, -0.15) is 0 Å². The van der Waals surface area contributed by atoms with E-state index in [2.05, 4.69) is 61.1 Å². The predicted octanol–water partition coefficient (Wildman–Crippen LogP) is 4.77. The highest BCUT2D eigenvalue weighted by Gasteiger charge is 2.37. The van der Waals surface area contributed by atoms with Gasteiger partial charge in [0.15, 0.2) is 5.13 Å². The Bertz CT molecular complexity index is 930. The average molecular weight is 471 g/mol. The molecule has 33 heavy (non-hydrogen) atoms. The maximum atomic E-state index is 9.04. The Labute approximate surface area is 204 Å². The average Bonchev–Trinajstić information content (AvgIpc) is 3.30. The summed E-state index contributed by atoms with van der Waals surface area (Å²) in [4.78, 5) is 10.0. The van der Waals surface area contributed by atoms with Crippen molar-refractivity contribution in [1.29, 1.82) is 0 Å². The molecule has 1 aliphatic carbocycles. The van der Waals surface area contributed by atoms with Gasteiger partial charge in [0.25, 0.3) is 0 Å². The van der Waals surface area contributed by atoms with E-state index in [4.69, 9.17) is 15.8 Å². The third kappa shape index (κ3) is 5.61. The highest BCUT2D eigenvalue weighted by Crippen LogP contribution is 2.46. The SMILES string of the molecule is CC1(C)CCC(C)(C)c2cc(-c3csc(N4CCN(CCCCC(N)CO)CC4)n3)ccc21. The van der Waals surface area contributed by atoms with Crippen molar-refractivity contribution >= 4 is 16.5 Å². The number of aliphatic hydroxyl groups excluding tert-OH is 1. The van der Waals surface area contributed by atoms with E-state index in [1.165, 1.54) is 29.5 Å². The van der Waals surface area contributed by atoms with Crippen LogP contribution in [0, 0.1) is 0 Å². The summed E-state index contributed by atoms with van der Waals surface area (Å²) in [6, 6.07) is 6.99. The number of benzene rings is 1. The number of aliphatic hydroxyl groups is 1. The van der Waals surface area contributed by atoms with E-state index in [0.29, 0.717) is 0 Å². The molecule has 0 amide bonds. The summed E-state index contributed by atoms with van der Waals surface area (Å²) in [5.41, 5.74) is 11.6. The molecule has 1 saturated heterocycles. The van der Waals surface area contributed by atoms with Gasteiger partial charge in [-0.3, -0.25) is 4.90 Å². The van der Waals surface area contributed by atoms with Crippen LogP contribution in [0.5, 0.6) is 0 Å². The number of nitrogens with zero attached hydrogens (tertiary/aromatic N) is 3. The van der Waals surface area contributed by atoms with Gasteiger partial charge in [-0.15, -0.1) is 11.3 Å². The number of hydrogen-bond donors (Lipinski definition) is 2. The van der Waals surface area contributed by atoms with E-state index in [-0.39, 0.29) is 23.5 Å². The van der Waals surface area contributed by atoms with Gasteiger partial charge in [-0.1, -0.05) is 46.2 Å². The molecular weight excluding hydrogens is 428 g/mol. The third-order valence-corrected chi connectivity index (χ3v) is 8.72. The maximum Gasteiger partial charge on any atom is 0.185 e. The molecule has 1 unspecified atom stereocenters. The second-order valence-electron chi connectivity index (χ2n) is 11.3. The number of rotatable bonds is 8. The summed E-state index contributed by atoms with van der Waals surface area (Å²) in [6.45, 7) is 15.0. The first-order valence-corrected chi connectivity index (χ1v) is 13.5. The number of thiazole rings is 1. The van der Waals surface area contributed by atoms with E-state index >= 15 is 0 Å². The third-order valence-electron chi connectivity index (χ3n) is 7.82. The van der Waals surface area contributed by atoms with E-state index in [1.807, 2.05) is 0 Å². The molecule has 2 heterocycles. The minimum absolute atomic E-state index is 0.0615. The summed E-state index contributed by atoms with van der Waals surface area (Å²) in [6.07, 6.45) is 5.63. The van der Waals surface area contributed by atoms with Crippen LogP contribution in [0.3, 0.4) is 0 Å². The number of aromatic nitrogens is 1. The minimum Gasteiger partial charge on any atom is -0.395 e. The number of hydrogen-bond acceptors (Lipinski definition) is 6. The van der Waals surface area contributed by atoms with Crippen LogP contribution in [0.25, 0.3) is 11.3 Å². The monoisotopic (exact) mass is 470 g/mol. The number of nitrogens with two attached hydrogens (primary N) is 1. The molecule has 1 aliphatic heterocycles. The van der Waals surface area contributed by atoms with E-state index in [9.17, 15) is 0 Å². The Morgan fingerprint density at radius 1 is 1.03 bits per heavy atom. The fraction of sp³-hybridized carbons (Fsp3) is 0.667. The molecule has 1 atom stereocenters. The van der Waals surface area contributed by atoms with Crippen molar-refractivity contribution in [2.24, 2.45) is 5.73 Å². The van der Waals surface area contributed by atoms with Gasteiger partial charge in [0.05, 0.1) is 12.3 Å². The number of piperazine rings is 1. The van der Waals surface area contributed by atoms with Crippen molar-refractivity contribution in [1.82, 2.24) is 9.88 Å². The van der Waals surface area contributed by atoms with Crippen LogP contribution in [0.15, 0.2) is 23.6 Å². The van der Waals surface area contributed by atoms with Gasteiger partial charge in [0, 0.05) is 43.2 Å². The first-order valence-electron chi connectivity index (χ1n) is 12.6. The molecule has 4 rings (SSSR count). The fourth-order valence-corrected chi connectivity index (χ4v) is 6.17. The zero-order valence-corrected chi connectivity index (χ0v) is 21.8. The van der Waals surface area contributed by atoms with Crippen LogP contribution in [0.2, 0.25) is 0 Å². The Balaban J connectivity index is 1.37. The molecule has 5 nitrogen and oxygen atoms in total. The highest BCUT2D eigenvalue weighted by molar-refractivity contribution is 7.14. The topological polar surface area (TPSA) is 65.6 Å². The molecule has 1 aromatic heterocycles. The van der Waals surface area contributed by atoms with Crippen molar-refractivity contribution in [3.8, 4) is 11.3 Å². The van der Waals surface area contributed by atoms with E-state index < -0.39 is 0 Å². The fourth-order valence-electron chi connectivity index (χ4n) is 5.29. The van der Waals surface area contributed by atoms with Gasteiger partial charge in [0.2, 0.25) is 0 Å². The van der Waals surface area contributed by atoms with Crippen LogP contribution in [0.4, 0.5) is 5.13 Å². The van der Waals surface area contributed by atoms with Crippen molar-refractivity contribution in [3.05, 3.63) is 34.7 Å². The van der Waals surface area contributed by atoms with Gasteiger partial charge < -0.3 is 15.7 Å². The Kier molecular flexibility index (Phi) is 7.49. The first kappa shape index (κ1) is 24.6. The molecule has 0 radical (unpaired) electrons. The van der Waals surface area contributed by atoms with Crippen molar-refractivity contribution in [3.63, 3.8) is 0 Å². The molecule has 2 aliphatic rings. The molecule has 6 heteroatoms. The highest BCUT2D eigenvalue weighted by atomic mass is 32.1. The second kappa shape index (κ2) is 10.0. The number of unbranched alkanes of at least 4 members (excludes halogenated alkanes) is 1. The molecule has 2 aromatic rings. The second-order valence-corrected chi connectivity index (χ2v) is 12.1. The first-order chi connectivity index (χ1) is 15.7. The van der Waals surface area contributed by atoms with Gasteiger partial charge in [-0.05, 0) is 60.3 Å². The molecule has 0 spiro atoms. The number of fused-ring (bicyclic) bond motifs is 1. The lowest BCUT2D eigenvalue weighted by Crippen LogP contribution is -2.46. The van der Waals surface area contributed by atoms with Crippen LogP contribution in [-0.2, 0) is 10.8 Å². The molecule has 0 saturated carbocycles. The normalized spacial score (nSPS) is 21.1. The lowest BCUT2D eigenvalue weighted by Gasteiger charge is -2.42. The van der Waals surface area contributed by atoms with Crippen LogP contribution in [-0.4, -0.2) is 60.4 Å². The quantitative estimate of drug-likeness (QED) is 0.544. The molecule has 0 bridgehead atoms. The maximum absolute atomic E-state index is 9.04. The van der Waals surface area contributed by atoms with Crippen LogP contribution < -0.4 is 10.6 Å².